The quantitative estimate of drug-likeness (QED) is 0.480. The predicted molar refractivity (Wildman–Crippen MR) is 89.8 cm³/mol. The van der Waals surface area contributed by atoms with Gasteiger partial charge in [-0.1, -0.05) is 53.4 Å². The van der Waals surface area contributed by atoms with Gasteiger partial charge in [-0.25, -0.2) is 0 Å². The van der Waals surface area contributed by atoms with E-state index in [2.05, 4.69) is 6.92 Å². The second kappa shape index (κ2) is 10.2. The zero-order chi connectivity index (χ0) is 17.2. The molecule has 0 aromatic heterocycles. The van der Waals surface area contributed by atoms with Crippen LogP contribution in [-0.2, 0) is 4.79 Å². The fourth-order valence-electron chi connectivity index (χ4n) is 3.31. The molecule has 3 atom stereocenters. The van der Waals surface area contributed by atoms with E-state index in [9.17, 15) is 20.1 Å². The summed E-state index contributed by atoms with van der Waals surface area (Å²) in [7, 11) is 0. The van der Waals surface area contributed by atoms with Gasteiger partial charge in [0, 0.05) is 6.61 Å². The SMILES string of the molecule is CCCCC(CC)(CO)CC(O)C(CC)(CCCC)C(=O)O. The number of aliphatic hydroxyl groups is 2. The smallest absolute Gasteiger partial charge is 0.312 e. The van der Waals surface area contributed by atoms with Gasteiger partial charge in [-0.05, 0) is 37.5 Å². The van der Waals surface area contributed by atoms with E-state index in [-0.39, 0.29) is 12.0 Å². The highest BCUT2D eigenvalue weighted by molar-refractivity contribution is 5.75. The zero-order valence-corrected chi connectivity index (χ0v) is 14.9. The average molecular weight is 316 g/mol. The first-order valence-electron chi connectivity index (χ1n) is 8.90. The Morgan fingerprint density at radius 1 is 1.00 bits per heavy atom. The highest BCUT2D eigenvalue weighted by Crippen LogP contribution is 2.42. The van der Waals surface area contributed by atoms with Gasteiger partial charge in [0.2, 0.25) is 0 Å². The molecule has 0 aliphatic carbocycles. The summed E-state index contributed by atoms with van der Waals surface area (Å²) in [6.07, 6.45) is 5.69. The van der Waals surface area contributed by atoms with Crippen LogP contribution in [0.1, 0.15) is 85.5 Å². The average Bonchev–Trinajstić information content (AvgIpc) is 2.52. The van der Waals surface area contributed by atoms with Gasteiger partial charge < -0.3 is 15.3 Å². The highest BCUT2D eigenvalue weighted by atomic mass is 16.4. The second-order valence-corrected chi connectivity index (χ2v) is 6.75. The van der Waals surface area contributed by atoms with E-state index in [1.54, 1.807) is 0 Å². The van der Waals surface area contributed by atoms with Gasteiger partial charge >= 0.3 is 5.97 Å². The summed E-state index contributed by atoms with van der Waals surface area (Å²) in [4.78, 5) is 11.9. The second-order valence-electron chi connectivity index (χ2n) is 6.75. The first-order valence-corrected chi connectivity index (χ1v) is 8.90. The number of aliphatic carboxylic acids is 1. The lowest BCUT2D eigenvalue weighted by molar-refractivity contribution is -0.160. The molecule has 4 nitrogen and oxygen atoms in total. The van der Waals surface area contributed by atoms with Gasteiger partial charge in [0.1, 0.15) is 0 Å². The molecule has 0 rings (SSSR count). The molecule has 0 aromatic carbocycles. The third kappa shape index (κ3) is 5.24. The number of carboxylic acids is 1. The maximum absolute atomic E-state index is 11.9. The number of hydrogen-bond acceptors (Lipinski definition) is 3. The summed E-state index contributed by atoms with van der Waals surface area (Å²) in [6, 6.07) is 0. The Hall–Kier alpha value is -0.610. The van der Waals surface area contributed by atoms with Crippen LogP contribution in [0.5, 0.6) is 0 Å². The van der Waals surface area contributed by atoms with Crippen molar-refractivity contribution in [2.24, 2.45) is 10.8 Å². The van der Waals surface area contributed by atoms with Crippen molar-refractivity contribution >= 4 is 5.97 Å². The predicted octanol–water partition coefficient (Wildman–Crippen LogP) is 3.99. The van der Waals surface area contributed by atoms with Crippen LogP contribution in [0.2, 0.25) is 0 Å². The van der Waals surface area contributed by atoms with Crippen molar-refractivity contribution in [2.45, 2.75) is 91.6 Å². The van der Waals surface area contributed by atoms with Gasteiger partial charge in [0.15, 0.2) is 0 Å². The Bertz CT molecular complexity index is 312. The van der Waals surface area contributed by atoms with E-state index >= 15 is 0 Å². The summed E-state index contributed by atoms with van der Waals surface area (Å²) in [5.41, 5.74) is -1.45. The van der Waals surface area contributed by atoms with Crippen LogP contribution in [0.25, 0.3) is 0 Å². The van der Waals surface area contributed by atoms with Crippen molar-refractivity contribution < 1.29 is 20.1 Å². The van der Waals surface area contributed by atoms with Crippen molar-refractivity contribution in [3.63, 3.8) is 0 Å². The number of unbranched alkanes of at least 4 members (excludes halogenated alkanes) is 2. The number of aliphatic hydroxyl groups excluding tert-OH is 2. The van der Waals surface area contributed by atoms with E-state index in [4.69, 9.17) is 0 Å². The lowest BCUT2D eigenvalue weighted by Crippen LogP contribution is -2.45. The topological polar surface area (TPSA) is 77.8 Å². The summed E-state index contributed by atoms with van der Waals surface area (Å²) >= 11 is 0. The summed E-state index contributed by atoms with van der Waals surface area (Å²) in [5.74, 6) is -0.908. The van der Waals surface area contributed by atoms with Crippen molar-refractivity contribution in [1.82, 2.24) is 0 Å². The standard InChI is InChI=1S/C18H36O4/c1-5-9-11-17(7-3,14-19)13-15(20)18(8-4,16(21)22)12-10-6-2/h15,19-20H,5-14H2,1-4H3,(H,21,22). The third-order valence-electron chi connectivity index (χ3n) is 5.44. The summed E-state index contributed by atoms with van der Waals surface area (Å²) < 4.78 is 0. The first kappa shape index (κ1) is 21.4. The van der Waals surface area contributed by atoms with E-state index in [0.717, 1.165) is 38.5 Å². The van der Waals surface area contributed by atoms with Crippen LogP contribution in [0.15, 0.2) is 0 Å². The Morgan fingerprint density at radius 2 is 1.55 bits per heavy atom. The molecule has 132 valence electrons. The molecular weight excluding hydrogens is 280 g/mol. The maximum Gasteiger partial charge on any atom is 0.312 e. The van der Waals surface area contributed by atoms with E-state index < -0.39 is 17.5 Å². The van der Waals surface area contributed by atoms with E-state index in [1.165, 1.54) is 0 Å². The fourth-order valence-corrected chi connectivity index (χ4v) is 3.31. The molecule has 3 unspecified atom stereocenters. The Balaban J connectivity index is 5.26. The lowest BCUT2D eigenvalue weighted by Gasteiger charge is -2.40. The van der Waals surface area contributed by atoms with Crippen LogP contribution in [0, 0.1) is 10.8 Å². The van der Waals surface area contributed by atoms with Gasteiger partial charge in [-0.2, -0.15) is 0 Å². The molecule has 0 aliphatic heterocycles. The maximum atomic E-state index is 11.9. The van der Waals surface area contributed by atoms with Crippen molar-refractivity contribution in [3.05, 3.63) is 0 Å². The molecule has 0 bridgehead atoms. The number of carbonyl (C=O) groups is 1. The molecule has 0 saturated heterocycles. The monoisotopic (exact) mass is 316 g/mol. The van der Waals surface area contributed by atoms with Gasteiger partial charge in [0.05, 0.1) is 11.5 Å². The molecule has 0 spiro atoms. The Kier molecular flexibility index (Phi) is 9.94. The minimum atomic E-state index is -1.09. The van der Waals surface area contributed by atoms with Crippen molar-refractivity contribution in [3.8, 4) is 0 Å². The normalized spacial score (nSPS) is 18.5. The number of hydrogen-bond donors (Lipinski definition) is 3. The minimum Gasteiger partial charge on any atom is -0.481 e. The van der Waals surface area contributed by atoms with E-state index in [0.29, 0.717) is 19.3 Å². The first-order chi connectivity index (χ1) is 10.4. The molecular formula is C18H36O4. The molecule has 0 aromatic rings. The molecule has 4 heteroatoms. The van der Waals surface area contributed by atoms with Crippen LogP contribution < -0.4 is 0 Å². The molecule has 22 heavy (non-hydrogen) atoms. The van der Waals surface area contributed by atoms with Gasteiger partial charge in [0.25, 0.3) is 0 Å². The van der Waals surface area contributed by atoms with E-state index in [1.807, 2.05) is 20.8 Å². The van der Waals surface area contributed by atoms with Crippen molar-refractivity contribution in [2.75, 3.05) is 6.61 Å². The number of rotatable bonds is 13. The van der Waals surface area contributed by atoms with Gasteiger partial charge in [-0.15, -0.1) is 0 Å². The fraction of sp³-hybridized carbons (Fsp3) is 0.944. The molecule has 3 N–H and O–H groups in total. The Labute approximate surface area is 135 Å². The number of carboxylic acid groups (broad SMARTS) is 1. The highest BCUT2D eigenvalue weighted by Gasteiger charge is 2.46. The Morgan fingerprint density at radius 3 is 1.91 bits per heavy atom. The minimum absolute atomic E-state index is 0.00769. The largest absolute Gasteiger partial charge is 0.481 e. The molecule has 0 fully saturated rings. The molecule has 0 heterocycles. The van der Waals surface area contributed by atoms with Crippen LogP contribution in [0.4, 0.5) is 0 Å². The third-order valence-corrected chi connectivity index (χ3v) is 5.44. The summed E-state index contributed by atoms with van der Waals surface area (Å²) in [6.45, 7) is 7.99. The molecule has 0 saturated carbocycles. The van der Waals surface area contributed by atoms with Gasteiger partial charge in [-0.3, -0.25) is 4.79 Å². The van der Waals surface area contributed by atoms with Crippen LogP contribution in [0.3, 0.4) is 0 Å². The molecule has 0 amide bonds. The molecule has 0 radical (unpaired) electrons. The van der Waals surface area contributed by atoms with Crippen molar-refractivity contribution in [1.29, 1.82) is 0 Å². The van der Waals surface area contributed by atoms with Crippen LogP contribution >= 0.6 is 0 Å². The lowest BCUT2D eigenvalue weighted by atomic mass is 9.67. The summed E-state index contributed by atoms with van der Waals surface area (Å²) in [5, 5.41) is 30.3. The molecule has 0 aliphatic rings. The zero-order valence-electron chi connectivity index (χ0n) is 14.9. The van der Waals surface area contributed by atoms with Crippen LogP contribution in [-0.4, -0.2) is 34.0 Å².